The third kappa shape index (κ3) is 4.65. The van der Waals surface area contributed by atoms with E-state index in [-0.39, 0.29) is 5.82 Å². The van der Waals surface area contributed by atoms with Crippen molar-refractivity contribution in [2.75, 3.05) is 37.7 Å². The van der Waals surface area contributed by atoms with Gasteiger partial charge in [0, 0.05) is 45.3 Å². The van der Waals surface area contributed by atoms with Gasteiger partial charge in [0.1, 0.15) is 11.6 Å². The molecule has 0 radical (unpaired) electrons. The largest absolute Gasteiger partial charge is 0.438 e. The number of rotatable bonds is 5. The normalized spacial score (nSPS) is 16.7. The zero-order chi connectivity index (χ0) is 21.0. The first kappa shape index (κ1) is 19.8. The number of aromatic nitrogens is 3. The Morgan fingerprint density at radius 3 is 2.61 bits per heavy atom. The highest BCUT2D eigenvalue weighted by atomic mass is 19.1. The number of morpholine rings is 1. The summed E-state index contributed by atoms with van der Waals surface area (Å²) in [6, 6.07) is 12.0. The Kier molecular flexibility index (Phi) is 5.73. The van der Waals surface area contributed by atoms with Gasteiger partial charge in [-0.3, -0.25) is 9.88 Å². The summed E-state index contributed by atoms with van der Waals surface area (Å²) in [7, 11) is 0. The van der Waals surface area contributed by atoms with Gasteiger partial charge in [0.2, 0.25) is 11.8 Å². The molecule has 0 bridgehead atoms. The number of fused-ring (bicyclic) bond motifs is 1. The number of pyridine rings is 1. The number of benzene rings is 1. The molecule has 160 valence electrons. The molecule has 8 heteroatoms. The van der Waals surface area contributed by atoms with Crippen LogP contribution in [-0.4, -0.2) is 52.7 Å². The minimum atomic E-state index is -0.299. The maximum Gasteiger partial charge on any atom is 0.229 e. The Hall–Kier alpha value is -3.10. The summed E-state index contributed by atoms with van der Waals surface area (Å²) in [6.45, 7) is 5.13. The molecule has 0 spiro atoms. The van der Waals surface area contributed by atoms with E-state index < -0.39 is 0 Å². The molecule has 0 saturated carbocycles. The molecule has 4 heterocycles. The number of ether oxygens (including phenoxy) is 2. The van der Waals surface area contributed by atoms with Crippen LogP contribution in [0.15, 0.2) is 48.7 Å². The lowest BCUT2D eigenvalue weighted by atomic mass is 10.1. The minimum Gasteiger partial charge on any atom is -0.438 e. The Labute approximate surface area is 180 Å². The van der Waals surface area contributed by atoms with Crippen LogP contribution in [-0.2, 0) is 24.2 Å². The summed E-state index contributed by atoms with van der Waals surface area (Å²) >= 11 is 0. The average Bonchev–Trinajstić information content (AvgIpc) is 2.82. The van der Waals surface area contributed by atoms with E-state index in [0.717, 1.165) is 49.6 Å². The van der Waals surface area contributed by atoms with Crippen LogP contribution >= 0.6 is 0 Å². The Balaban J connectivity index is 1.45. The third-order valence-electron chi connectivity index (χ3n) is 5.52. The standard InChI is InChI=1S/C23H24FN5O2/c24-17-4-6-19(7-5-17)31-22-20-16-28(15-18-3-1-2-9-25-18)10-8-21(20)26-23(27-22)29-11-13-30-14-12-29/h1-7,9H,8,10-16H2. The molecular weight excluding hydrogens is 397 g/mol. The van der Waals surface area contributed by atoms with Gasteiger partial charge >= 0.3 is 0 Å². The lowest BCUT2D eigenvalue weighted by Crippen LogP contribution is -2.38. The molecule has 0 amide bonds. The summed E-state index contributed by atoms with van der Waals surface area (Å²) in [5.41, 5.74) is 3.01. The number of halogens is 1. The van der Waals surface area contributed by atoms with Gasteiger partial charge in [0.15, 0.2) is 0 Å². The van der Waals surface area contributed by atoms with E-state index in [2.05, 4.69) is 14.8 Å². The summed E-state index contributed by atoms with van der Waals surface area (Å²) < 4.78 is 25.0. The van der Waals surface area contributed by atoms with Crippen LogP contribution < -0.4 is 9.64 Å². The van der Waals surface area contributed by atoms with Gasteiger partial charge in [0.25, 0.3) is 0 Å². The van der Waals surface area contributed by atoms with Crippen LogP contribution in [0.25, 0.3) is 0 Å². The van der Waals surface area contributed by atoms with E-state index in [1.807, 2.05) is 24.4 Å². The highest BCUT2D eigenvalue weighted by Gasteiger charge is 2.26. The molecular formula is C23H24FN5O2. The maximum absolute atomic E-state index is 13.4. The quantitative estimate of drug-likeness (QED) is 0.627. The van der Waals surface area contributed by atoms with Crippen molar-refractivity contribution < 1.29 is 13.9 Å². The zero-order valence-corrected chi connectivity index (χ0v) is 17.2. The van der Waals surface area contributed by atoms with Crippen LogP contribution in [0.3, 0.4) is 0 Å². The first-order chi connectivity index (χ1) is 15.2. The smallest absolute Gasteiger partial charge is 0.229 e. The van der Waals surface area contributed by atoms with Gasteiger partial charge in [-0.2, -0.15) is 4.98 Å². The Bertz CT molecular complexity index is 1030. The van der Waals surface area contributed by atoms with Crippen molar-refractivity contribution in [1.82, 2.24) is 19.9 Å². The van der Waals surface area contributed by atoms with E-state index in [9.17, 15) is 4.39 Å². The monoisotopic (exact) mass is 421 g/mol. The van der Waals surface area contributed by atoms with Crippen molar-refractivity contribution >= 4 is 5.95 Å². The molecule has 0 atom stereocenters. The fourth-order valence-corrected chi connectivity index (χ4v) is 3.89. The molecule has 0 aliphatic carbocycles. The fourth-order valence-electron chi connectivity index (χ4n) is 3.89. The SMILES string of the molecule is Fc1ccc(Oc2nc(N3CCOCC3)nc3c2CN(Cc2ccccn2)CC3)cc1. The number of hydrogen-bond donors (Lipinski definition) is 0. The van der Waals surface area contributed by atoms with Gasteiger partial charge in [-0.15, -0.1) is 0 Å². The van der Waals surface area contributed by atoms with Crippen LogP contribution in [0.5, 0.6) is 11.6 Å². The second-order valence-corrected chi connectivity index (χ2v) is 7.69. The molecule has 0 N–H and O–H groups in total. The van der Waals surface area contributed by atoms with E-state index in [1.54, 1.807) is 12.1 Å². The van der Waals surface area contributed by atoms with Crippen LogP contribution in [0.4, 0.5) is 10.3 Å². The highest BCUT2D eigenvalue weighted by molar-refractivity contribution is 5.43. The van der Waals surface area contributed by atoms with Gasteiger partial charge in [-0.25, -0.2) is 9.37 Å². The average molecular weight is 421 g/mol. The van der Waals surface area contributed by atoms with Crippen LogP contribution in [0.1, 0.15) is 17.0 Å². The van der Waals surface area contributed by atoms with E-state index in [0.29, 0.717) is 37.3 Å². The minimum absolute atomic E-state index is 0.299. The van der Waals surface area contributed by atoms with Crippen molar-refractivity contribution in [3.63, 3.8) is 0 Å². The predicted molar refractivity (Wildman–Crippen MR) is 114 cm³/mol. The van der Waals surface area contributed by atoms with E-state index in [4.69, 9.17) is 19.4 Å². The Morgan fingerprint density at radius 1 is 1.00 bits per heavy atom. The molecule has 7 nitrogen and oxygen atoms in total. The van der Waals surface area contributed by atoms with Crippen molar-refractivity contribution in [2.45, 2.75) is 19.5 Å². The molecule has 1 saturated heterocycles. The molecule has 2 aliphatic rings. The summed E-state index contributed by atoms with van der Waals surface area (Å²) in [5, 5.41) is 0. The fraction of sp³-hybridized carbons (Fsp3) is 0.348. The van der Waals surface area contributed by atoms with E-state index in [1.165, 1.54) is 12.1 Å². The topological polar surface area (TPSA) is 63.6 Å². The third-order valence-corrected chi connectivity index (χ3v) is 5.52. The highest BCUT2D eigenvalue weighted by Crippen LogP contribution is 2.32. The van der Waals surface area contributed by atoms with Gasteiger partial charge in [-0.1, -0.05) is 6.07 Å². The first-order valence-corrected chi connectivity index (χ1v) is 10.5. The summed E-state index contributed by atoms with van der Waals surface area (Å²) in [5.74, 6) is 1.45. The summed E-state index contributed by atoms with van der Waals surface area (Å²) in [6.07, 6.45) is 2.62. The molecule has 2 aromatic heterocycles. The van der Waals surface area contributed by atoms with Crippen LogP contribution in [0.2, 0.25) is 0 Å². The molecule has 5 rings (SSSR count). The van der Waals surface area contributed by atoms with Crippen molar-refractivity contribution in [3.8, 4) is 11.6 Å². The lowest BCUT2D eigenvalue weighted by molar-refractivity contribution is 0.122. The van der Waals surface area contributed by atoms with Crippen molar-refractivity contribution in [1.29, 1.82) is 0 Å². The van der Waals surface area contributed by atoms with Gasteiger partial charge < -0.3 is 14.4 Å². The van der Waals surface area contributed by atoms with Gasteiger partial charge in [-0.05, 0) is 36.4 Å². The molecule has 1 fully saturated rings. The predicted octanol–water partition coefficient (Wildman–Crippen LogP) is 3.20. The van der Waals surface area contributed by atoms with E-state index >= 15 is 0 Å². The number of nitrogens with zero attached hydrogens (tertiary/aromatic N) is 5. The maximum atomic E-state index is 13.4. The second-order valence-electron chi connectivity index (χ2n) is 7.69. The second kappa shape index (κ2) is 8.95. The van der Waals surface area contributed by atoms with Crippen molar-refractivity contribution in [3.05, 3.63) is 71.4 Å². The summed E-state index contributed by atoms with van der Waals surface area (Å²) in [4.78, 5) is 18.5. The molecule has 3 aromatic rings. The molecule has 2 aliphatic heterocycles. The zero-order valence-electron chi connectivity index (χ0n) is 17.2. The number of anilines is 1. The number of hydrogen-bond acceptors (Lipinski definition) is 7. The lowest BCUT2D eigenvalue weighted by Gasteiger charge is -2.31. The first-order valence-electron chi connectivity index (χ1n) is 10.5. The molecule has 0 unspecified atom stereocenters. The molecule has 31 heavy (non-hydrogen) atoms. The van der Waals surface area contributed by atoms with Crippen LogP contribution in [0, 0.1) is 5.82 Å². The van der Waals surface area contributed by atoms with Gasteiger partial charge in [0.05, 0.1) is 30.2 Å². The molecule has 1 aromatic carbocycles. The van der Waals surface area contributed by atoms with Crippen molar-refractivity contribution in [2.24, 2.45) is 0 Å². The Morgan fingerprint density at radius 2 is 1.84 bits per heavy atom.